The number of aryl methyl sites for hydroxylation is 2. The minimum atomic E-state index is 0.337. The summed E-state index contributed by atoms with van der Waals surface area (Å²) in [6.07, 6.45) is 4.10. The molecule has 0 saturated carbocycles. The van der Waals surface area contributed by atoms with Crippen LogP contribution >= 0.6 is 0 Å². The molecule has 0 radical (unpaired) electrons. The third-order valence-electron chi connectivity index (χ3n) is 3.56. The van der Waals surface area contributed by atoms with Crippen LogP contribution in [0.25, 0.3) is 5.65 Å². The van der Waals surface area contributed by atoms with Gasteiger partial charge < -0.3 is 5.32 Å². The Morgan fingerprint density at radius 3 is 2.76 bits per heavy atom. The first-order chi connectivity index (χ1) is 10.2. The van der Waals surface area contributed by atoms with Gasteiger partial charge >= 0.3 is 0 Å². The number of nitrogens with one attached hydrogen (secondary N) is 1. The smallest absolute Gasteiger partial charge is 0.243 e. The molecule has 0 aliphatic rings. The van der Waals surface area contributed by atoms with E-state index in [4.69, 9.17) is 0 Å². The molecule has 0 aliphatic carbocycles. The number of hydrogen-bond acceptors (Lipinski definition) is 3. The number of aromatic nitrogens is 3. The standard InChI is InChI=1S/C17H20N4/c1-13-8-11-16-19-17(20-21(16)12-13)18-14(2)9-10-15-6-4-3-5-7-15/h3-8,11-12,14H,9-10H2,1-2H3,(H,18,20). The Morgan fingerprint density at radius 1 is 1.14 bits per heavy atom. The molecule has 1 aromatic carbocycles. The SMILES string of the molecule is Cc1ccc2nc(NC(C)CCc3ccccc3)nn2c1. The van der Waals surface area contributed by atoms with Gasteiger partial charge in [-0.25, -0.2) is 4.52 Å². The van der Waals surface area contributed by atoms with Gasteiger partial charge in [0.2, 0.25) is 5.95 Å². The molecule has 4 nitrogen and oxygen atoms in total. The molecular formula is C17H20N4. The van der Waals surface area contributed by atoms with Crippen LogP contribution in [0.3, 0.4) is 0 Å². The van der Waals surface area contributed by atoms with Crippen LogP contribution in [0.4, 0.5) is 5.95 Å². The first kappa shape index (κ1) is 13.6. The average molecular weight is 280 g/mol. The minimum Gasteiger partial charge on any atom is -0.350 e. The Labute approximate surface area is 124 Å². The molecule has 108 valence electrons. The molecule has 0 aliphatic heterocycles. The molecule has 1 N–H and O–H groups in total. The summed E-state index contributed by atoms with van der Waals surface area (Å²) in [5, 5.41) is 7.84. The van der Waals surface area contributed by atoms with Crippen molar-refractivity contribution in [3.05, 3.63) is 59.8 Å². The van der Waals surface area contributed by atoms with Crippen LogP contribution in [0.2, 0.25) is 0 Å². The summed E-state index contributed by atoms with van der Waals surface area (Å²) in [6, 6.07) is 14.9. The monoisotopic (exact) mass is 280 g/mol. The van der Waals surface area contributed by atoms with Gasteiger partial charge in [0.25, 0.3) is 0 Å². The molecule has 3 rings (SSSR count). The normalized spacial score (nSPS) is 12.5. The summed E-state index contributed by atoms with van der Waals surface area (Å²) in [7, 11) is 0. The molecule has 21 heavy (non-hydrogen) atoms. The lowest BCUT2D eigenvalue weighted by Gasteiger charge is -2.11. The fraction of sp³-hybridized carbons (Fsp3) is 0.294. The van der Waals surface area contributed by atoms with Gasteiger partial charge in [0.1, 0.15) is 0 Å². The fourth-order valence-corrected chi connectivity index (χ4v) is 2.37. The van der Waals surface area contributed by atoms with Gasteiger partial charge in [-0.15, -0.1) is 5.10 Å². The zero-order chi connectivity index (χ0) is 14.7. The average Bonchev–Trinajstić information content (AvgIpc) is 2.87. The zero-order valence-electron chi connectivity index (χ0n) is 12.5. The van der Waals surface area contributed by atoms with E-state index in [1.165, 1.54) is 11.1 Å². The third-order valence-corrected chi connectivity index (χ3v) is 3.56. The maximum atomic E-state index is 4.49. The second kappa shape index (κ2) is 5.95. The predicted octanol–water partition coefficient (Wildman–Crippen LogP) is 3.47. The second-order valence-electron chi connectivity index (χ2n) is 5.51. The van der Waals surface area contributed by atoms with Crippen molar-refractivity contribution in [1.29, 1.82) is 0 Å². The maximum Gasteiger partial charge on any atom is 0.243 e. The zero-order valence-corrected chi connectivity index (χ0v) is 12.5. The Hall–Kier alpha value is -2.36. The summed E-state index contributed by atoms with van der Waals surface area (Å²) < 4.78 is 1.82. The molecule has 1 unspecified atom stereocenters. The van der Waals surface area contributed by atoms with Crippen molar-refractivity contribution in [2.75, 3.05) is 5.32 Å². The number of pyridine rings is 1. The van der Waals surface area contributed by atoms with E-state index in [9.17, 15) is 0 Å². The molecule has 0 bridgehead atoms. The molecule has 0 amide bonds. The lowest BCUT2D eigenvalue weighted by Crippen LogP contribution is -2.17. The highest BCUT2D eigenvalue weighted by Gasteiger charge is 2.07. The van der Waals surface area contributed by atoms with E-state index in [0.29, 0.717) is 12.0 Å². The van der Waals surface area contributed by atoms with Crippen molar-refractivity contribution in [2.45, 2.75) is 32.7 Å². The molecule has 1 atom stereocenters. The first-order valence-electron chi connectivity index (χ1n) is 7.34. The lowest BCUT2D eigenvalue weighted by atomic mass is 10.1. The van der Waals surface area contributed by atoms with Gasteiger partial charge in [-0.2, -0.15) is 4.98 Å². The molecule has 0 fully saturated rings. The van der Waals surface area contributed by atoms with Crippen LogP contribution in [-0.2, 0) is 6.42 Å². The first-order valence-corrected chi connectivity index (χ1v) is 7.34. The third kappa shape index (κ3) is 3.40. The topological polar surface area (TPSA) is 42.2 Å². The van der Waals surface area contributed by atoms with E-state index in [0.717, 1.165) is 18.5 Å². The molecule has 2 heterocycles. The number of fused-ring (bicyclic) bond motifs is 1. The van der Waals surface area contributed by atoms with Gasteiger partial charge in [0, 0.05) is 12.2 Å². The highest BCUT2D eigenvalue weighted by atomic mass is 15.3. The molecule has 2 aromatic heterocycles. The molecule has 0 saturated heterocycles. The van der Waals surface area contributed by atoms with Crippen LogP contribution in [0.5, 0.6) is 0 Å². The Bertz CT molecular complexity index is 718. The number of hydrogen-bond donors (Lipinski definition) is 1. The Balaban J connectivity index is 1.62. The van der Waals surface area contributed by atoms with E-state index < -0.39 is 0 Å². The van der Waals surface area contributed by atoms with Crippen LogP contribution in [0.15, 0.2) is 48.7 Å². The van der Waals surface area contributed by atoms with E-state index in [-0.39, 0.29) is 0 Å². The summed E-state index contributed by atoms with van der Waals surface area (Å²) in [5.41, 5.74) is 3.42. The van der Waals surface area contributed by atoms with Crippen LogP contribution in [0, 0.1) is 6.92 Å². The lowest BCUT2D eigenvalue weighted by molar-refractivity contribution is 0.698. The summed E-state index contributed by atoms with van der Waals surface area (Å²) in [6.45, 7) is 4.22. The van der Waals surface area contributed by atoms with Crippen molar-refractivity contribution in [3.63, 3.8) is 0 Å². The van der Waals surface area contributed by atoms with E-state index in [2.05, 4.69) is 53.5 Å². The van der Waals surface area contributed by atoms with Gasteiger partial charge in [0.15, 0.2) is 5.65 Å². The molecular weight excluding hydrogens is 260 g/mol. The quantitative estimate of drug-likeness (QED) is 0.778. The Morgan fingerprint density at radius 2 is 1.95 bits per heavy atom. The molecule has 0 spiro atoms. The van der Waals surface area contributed by atoms with Gasteiger partial charge in [-0.1, -0.05) is 36.4 Å². The largest absolute Gasteiger partial charge is 0.350 e. The highest BCUT2D eigenvalue weighted by molar-refractivity contribution is 5.44. The molecule has 4 heteroatoms. The van der Waals surface area contributed by atoms with E-state index >= 15 is 0 Å². The second-order valence-corrected chi connectivity index (χ2v) is 5.51. The number of nitrogens with zero attached hydrogens (tertiary/aromatic N) is 3. The van der Waals surface area contributed by atoms with Gasteiger partial charge in [-0.05, 0) is 43.9 Å². The van der Waals surface area contributed by atoms with Gasteiger partial charge in [0.05, 0.1) is 0 Å². The highest BCUT2D eigenvalue weighted by Crippen LogP contribution is 2.11. The van der Waals surface area contributed by atoms with Crippen LogP contribution in [0.1, 0.15) is 24.5 Å². The van der Waals surface area contributed by atoms with Crippen molar-refractivity contribution in [2.24, 2.45) is 0 Å². The summed E-state index contributed by atoms with van der Waals surface area (Å²) in [4.78, 5) is 4.49. The van der Waals surface area contributed by atoms with Crippen LogP contribution < -0.4 is 5.32 Å². The van der Waals surface area contributed by atoms with Gasteiger partial charge in [-0.3, -0.25) is 0 Å². The van der Waals surface area contributed by atoms with Crippen LogP contribution in [-0.4, -0.2) is 20.6 Å². The summed E-state index contributed by atoms with van der Waals surface area (Å²) in [5.74, 6) is 0.696. The minimum absolute atomic E-state index is 0.337. The number of rotatable bonds is 5. The van der Waals surface area contributed by atoms with Crippen molar-refractivity contribution < 1.29 is 0 Å². The van der Waals surface area contributed by atoms with Crippen molar-refractivity contribution >= 4 is 11.6 Å². The number of anilines is 1. The van der Waals surface area contributed by atoms with E-state index in [1.807, 2.05) is 28.9 Å². The van der Waals surface area contributed by atoms with Crippen molar-refractivity contribution in [1.82, 2.24) is 14.6 Å². The van der Waals surface area contributed by atoms with Crippen molar-refractivity contribution in [3.8, 4) is 0 Å². The fourth-order valence-electron chi connectivity index (χ4n) is 2.37. The summed E-state index contributed by atoms with van der Waals surface area (Å²) >= 11 is 0. The Kier molecular flexibility index (Phi) is 3.86. The number of benzene rings is 1. The maximum absolute atomic E-state index is 4.49. The predicted molar refractivity (Wildman–Crippen MR) is 85.6 cm³/mol. The van der Waals surface area contributed by atoms with E-state index in [1.54, 1.807) is 0 Å². The molecule has 3 aromatic rings.